The SMILES string of the molecule is CCC(N)C(Sc1nnc(N(C)C)s1)c1cc(Br)cs1. The molecule has 20 heavy (non-hydrogen) atoms. The van der Waals surface area contributed by atoms with Gasteiger partial charge in [0.1, 0.15) is 0 Å². The van der Waals surface area contributed by atoms with Gasteiger partial charge < -0.3 is 10.6 Å². The van der Waals surface area contributed by atoms with Crippen LogP contribution in [-0.4, -0.2) is 30.3 Å². The third-order valence-electron chi connectivity index (χ3n) is 2.73. The van der Waals surface area contributed by atoms with Gasteiger partial charge in [0.2, 0.25) is 5.13 Å². The van der Waals surface area contributed by atoms with Crippen LogP contribution in [0.5, 0.6) is 0 Å². The summed E-state index contributed by atoms with van der Waals surface area (Å²) in [5.41, 5.74) is 6.29. The molecular formula is C12H17BrN4S3. The van der Waals surface area contributed by atoms with Gasteiger partial charge in [0.05, 0.1) is 5.25 Å². The third kappa shape index (κ3) is 3.94. The largest absolute Gasteiger partial charge is 0.353 e. The molecule has 0 saturated heterocycles. The fourth-order valence-corrected chi connectivity index (χ4v) is 5.48. The summed E-state index contributed by atoms with van der Waals surface area (Å²) >= 11 is 8.55. The molecule has 2 atom stereocenters. The Bertz CT molecular complexity index is 554. The summed E-state index contributed by atoms with van der Waals surface area (Å²) in [7, 11) is 3.95. The van der Waals surface area contributed by atoms with Gasteiger partial charge in [0.15, 0.2) is 4.34 Å². The summed E-state index contributed by atoms with van der Waals surface area (Å²) in [5.74, 6) is 0. The molecule has 2 unspecified atom stereocenters. The summed E-state index contributed by atoms with van der Waals surface area (Å²) in [5, 5.41) is 11.7. The Hall–Kier alpha value is -0.150. The highest BCUT2D eigenvalue weighted by Gasteiger charge is 2.23. The van der Waals surface area contributed by atoms with Gasteiger partial charge in [-0.25, -0.2) is 0 Å². The van der Waals surface area contributed by atoms with Crippen LogP contribution in [0, 0.1) is 0 Å². The van der Waals surface area contributed by atoms with Gasteiger partial charge >= 0.3 is 0 Å². The molecule has 110 valence electrons. The van der Waals surface area contributed by atoms with Gasteiger partial charge in [-0.15, -0.1) is 21.5 Å². The maximum atomic E-state index is 6.29. The molecular weight excluding hydrogens is 376 g/mol. The second-order valence-corrected chi connectivity index (χ2v) is 8.73. The van der Waals surface area contributed by atoms with E-state index in [1.165, 1.54) is 4.88 Å². The van der Waals surface area contributed by atoms with Crippen LogP contribution >= 0.6 is 50.4 Å². The highest BCUT2D eigenvalue weighted by molar-refractivity contribution is 9.10. The molecule has 0 aliphatic rings. The Morgan fingerprint density at radius 1 is 1.45 bits per heavy atom. The van der Waals surface area contributed by atoms with Crippen LogP contribution in [0.25, 0.3) is 0 Å². The van der Waals surface area contributed by atoms with Crippen molar-refractivity contribution in [1.29, 1.82) is 0 Å². The van der Waals surface area contributed by atoms with Crippen molar-refractivity contribution in [2.75, 3.05) is 19.0 Å². The zero-order valence-electron chi connectivity index (χ0n) is 11.5. The molecule has 4 nitrogen and oxygen atoms in total. The average Bonchev–Trinajstić information content (AvgIpc) is 3.04. The van der Waals surface area contributed by atoms with Gasteiger partial charge in [-0.1, -0.05) is 30.0 Å². The Morgan fingerprint density at radius 2 is 2.20 bits per heavy atom. The average molecular weight is 393 g/mol. The monoisotopic (exact) mass is 392 g/mol. The molecule has 0 radical (unpaired) electrons. The molecule has 8 heteroatoms. The molecule has 2 N–H and O–H groups in total. The van der Waals surface area contributed by atoms with E-state index in [4.69, 9.17) is 5.73 Å². The first-order valence-corrected chi connectivity index (χ1v) is 9.55. The molecule has 0 bridgehead atoms. The fraction of sp³-hybridized carbons (Fsp3) is 0.500. The molecule has 0 spiro atoms. The molecule has 0 aromatic carbocycles. The van der Waals surface area contributed by atoms with Crippen molar-refractivity contribution in [3.8, 4) is 0 Å². The summed E-state index contributed by atoms with van der Waals surface area (Å²) in [4.78, 5) is 3.25. The minimum Gasteiger partial charge on any atom is -0.353 e. The Balaban J connectivity index is 2.19. The Labute approximate surface area is 139 Å². The zero-order chi connectivity index (χ0) is 14.7. The number of nitrogens with zero attached hydrogens (tertiary/aromatic N) is 3. The Morgan fingerprint density at radius 3 is 2.70 bits per heavy atom. The standard InChI is InChI=1S/C12H17BrN4S3/c1-4-8(14)10(9-5-7(13)6-18-9)19-12-16-15-11(20-12)17(2)3/h5-6,8,10H,4,14H2,1-3H3. The number of anilines is 1. The fourth-order valence-electron chi connectivity index (χ4n) is 1.59. The molecule has 2 aromatic heterocycles. The maximum absolute atomic E-state index is 6.29. The lowest BCUT2D eigenvalue weighted by Crippen LogP contribution is -2.25. The lowest BCUT2D eigenvalue weighted by Gasteiger charge is -2.19. The van der Waals surface area contributed by atoms with Crippen LogP contribution in [-0.2, 0) is 0 Å². The van der Waals surface area contributed by atoms with Gasteiger partial charge in [-0.3, -0.25) is 0 Å². The van der Waals surface area contributed by atoms with Crippen LogP contribution in [0.1, 0.15) is 23.5 Å². The first-order chi connectivity index (χ1) is 9.51. The summed E-state index contributed by atoms with van der Waals surface area (Å²) in [6.07, 6.45) is 0.937. The summed E-state index contributed by atoms with van der Waals surface area (Å²) in [6, 6.07) is 2.25. The molecule has 0 aliphatic carbocycles. The number of hydrogen-bond acceptors (Lipinski definition) is 7. The van der Waals surface area contributed by atoms with E-state index in [1.807, 2.05) is 19.0 Å². The lowest BCUT2D eigenvalue weighted by atomic mass is 10.1. The molecule has 0 fully saturated rings. The molecule has 0 amide bonds. The number of thiophene rings is 1. The van der Waals surface area contributed by atoms with E-state index in [0.717, 1.165) is 20.4 Å². The van der Waals surface area contributed by atoms with Crippen LogP contribution in [0.2, 0.25) is 0 Å². The van der Waals surface area contributed by atoms with Crippen LogP contribution in [0.3, 0.4) is 0 Å². The van der Waals surface area contributed by atoms with E-state index in [0.29, 0.717) is 0 Å². The van der Waals surface area contributed by atoms with E-state index < -0.39 is 0 Å². The first-order valence-electron chi connectivity index (χ1n) is 6.18. The van der Waals surface area contributed by atoms with E-state index in [1.54, 1.807) is 34.4 Å². The van der Waals surface area contributed by atoms with Crippen molar-refractivity contribution in [3.63, 3.8) is 0 Å². The number of halogens is 1. The number of nitrogens with two attached hydrogens (primary N) is 1. The predicted molar refractivity (Wildman–Crippen MR) is 93.1 cm³/mol. The minimum atomic E-state index is 0.109. The molecule has 2 rings (SSSR count). The topological polar surface area (TPSA) is 55.0 Å². The lowest BCUT2D eigenvalue weighted by molar-refractivity contribution is 0.639. The van der Waals surface area contributed by atoms with Gasteiger partial charge in [0.25, 0.3) is 0 Å². The highest BCUT2D eigenvalue weighted by Crippen LogP contribution is 2.43. The van der Waals surface area contributed by atoms with Crippen LogP contribution < -0.4 is 10.6 Å². The van der Waals surface area contributed by atoms with Gasteiger partial charge in [0, 0.05) is 34.9 Å². The van der Waals surface area contributed by atoms with Crippen molar-refractivity contribution in [2.45, 2.75) is 29.0 Å². The zero-order valence-corrected chi connectivity index (χ0v) is 15.6. The van der Waals surface area contributed by atoms with E-state index in [-0.39, 0.29) is 11.3 Å². The third-order valence-corrected chi connectivity index (χ3v) is 7.23. The number of thioether (sulfide) groups is 1. The minimum absolute atomic E-state index is 0.109. The van der Waals surface area contributed by atoms with E-state index in [9.17, 15) is 0 Å². The van der Waals surface area contributed by atoms with E-state index >= 15 is 0 Å². The van der Waals surface area contributed by atoms with Crippen molar-refractivity contribution >= 4 is 55.5 Å². The molecule has 2 aromatic rings. The molecule has 0 saturated carbocycles. The first kappa shape index (κ1) is 16.2. The summed E-state index contributed by atoms with van der Waals surface area (Å²) < 4.78 is 2.07. The number of aromatic nitrogens is 2. The van der Waals surface area contributed by atoms with Crippen molar-refractivity contribution in [2.24, 2.45) is 5.73 Å². The maximum Gasteiger partial charge on any atom is 0.208 e. The molecule has 0 aliphatic heterocycles. The van der Waals surface area contributed by atoms with Crippen molar-refractivity contribution in [3.05, 3.63) is 20.8 Å². The van der Waals surface area contributed by atoms with E-state index in [2.05, 4.69) is 44.5 Å². The van der Waals surface area contributed by atoms with Gasteiger partial charge in [-0.05, 0) is 28.4 Å². The Kier molecular flexibility index (Phi) is 5.85. The molecule has 2 heterocycles. The normalized spacial score (nSPS) is 14.2. The quantitative estimate of drug-likeness (QED) is 0.752. The second kappa shape index (κ2) is 7.22. The van der Waals surface area contributed by atoms with Crippen molar-refractivity contribution in [1.82, 2.24) is 10.2 Å². The van der Waals surface area contributed by atoms with Gasteiger partial charge in [-0.2, -0.15) is 0 Å². The second-order valence-electron chi connectivity index (χ2n) is 4.52. The smallest absolute Gasteiger partial charge is 0.208 e. The number of rotatable bonds is 6. The number of hydrogen-bond donors (Lipinski definition) is 1. The highest BCUT2D eigenvalue weighted by atomic mass is 79.9. The van der Waals surface area contributed by atoms with Crippen LogP contribution in [0.15, 0.2) is 20.3 Å². The van der Waals surface area contributed by atoms with Crippen molar-refractivity contribution < 1.29 is 0 Å². The summed E-state index contributed by atoms with van der Waals surface area (Å²) in [6.45, 7) is 2.12. The predicted octanol–water partition coefficient (Wildman–Crippen LogP) is 4.00. The van der Waals surface area contributed by atoms with Crippen LogP contribution in [0.4, 0.5) is 5.13 Å².